The standard InChI is InChI=1S/C20H31N5O/c1-15-7-8-19(26-5)18(13-15)9-11-23-20(21-4)22-10-6-12-25-17(3)14-16(2)24-25/h7-8,13-14H,6,9-12H2,1-5H3,(H2,21,22,23). The molecule has 142 valence electrons. The molecule has 0 atom stereocenters. The molecule has 0 fully saturated rings. The highest BCUT2D eigenvalue weighted by Gasteiger charge is 2.04. The lowest BCUT2D eigenvalue weighted by Gasteiger charge is -2.14. The van der Waals surface area contributed by atoms with Gasteiger partial charge in [-0.3, -0.25) is 9.67 Å². The van der Waals surface area contributed by atoms with Crippen molar-refractivity contribution in [2.24, 2.45) is 4.99 Å². The monoisotopic (exact) mass is 357 g/mol. The maximum atomic E-state index is 5.44. The first kappa shape index (κ1) is 19.8. The van der Waals surface area contributed by atoms with Gasteiger partial charge in [0.05, 0.1) is 12.8 Å². The van der Waals surface area contributed by atoms with Gasteiger partial charge in [-0.15, -0.1) is 0 Å². The van der Waals surface area contributed by atoms with Crippen molar-refractivity contribution in [2.75, 3.05) is 27.2 Å². The minimum Gasteiger partial charge on any atom is -0.496 e. The Bertz CT molecular complexity index is 736. The quantitative estimate of drug-likeness (QED) is 0.433. The number of ether oxygens (including phenoxy) is 1. The van der Waals surface area contributed by atoms with E-state index in [1.807, 2.05) is 13.0 Å². The van der Waals surface area contributed by atoms with Crippen molar-refractivity contribution >= 4 is 5.96 Å². The van der Waals surface area contributed by atoms with Crippen molar-refractivity contribution in [1.29, 1.82) is 0 Å². The van der Waals surface area contributed by atoms with Crippen LogP contribution in [0.3, 0.4) is 0 Å². The summed E-state index contributed by atoms with van der Waals surface area (Å²) < 4.78 is 7.49. The molecule has 6 nitrogen and oxygen atoms in total. The van der Waals surface area contributed by atoms with Crippen molar-refractivity contribution in [1.82, 2.24) is 20.4 Å². The molecule has 0 unspecified atom stereocenters. The highest BCUT2D eigenvalue weighted by atomic mass is 16.5. The largest absolute Gasteiger partial charge is 0.496 e. The lowest BCUT2D eigenvalue weighted by Crippen LogP contribution is -2.39. The minimum atomic E-state index is 0.803. The molecule has 26 heavy (non-hydrogen) atoms. The maximum absolute atomic E-state index is 5.44. The van der Waals surface area contributed by atoms with E-state index < -0.39 is 0 Å². The first-order valence-corrected chi connectivity index (χ1v) is 9.12. The van der Waals surface area contributed by atoms with E-state index in [0.717, 1.165) is 49.9 Å². The van der Waals surface area contributed by atoms with Gasteiger partial charge < -0.3 is 15.4 Å². The third-order valence-electron chi connectivity index (χ3n) is 4.29. The van der Waals surface area contributed by atoms with E-state index in [-0.39, 0.29) is 0 Å². The molecule has 1 heterocycles. The van der Waals surface area contributed by atoms with Crippen LogP contribution in [0.1, 0.15) is 28.9 Å². The fourth-order valence-corrected chi connectivity index (χ4v) is 2.98. The summed E-state index contributed by atoms with van der Waals surface area (Å²) in [6.45, 7) is 8.77. The normalized spacial score (nSPS) is 11.5. The number of guanidine groups is 1. The van der Waals surface area contributed by atoms with Gasteiger partial charge in [-0.25, -0.2) is 0 Å². The third kappa shape index (κ3) is 5.79. The van der Waals surface area contributed by atoms with E-state index in [2.05, 4.69) is 57.5 Å². The summed E-state index contributed by atoms with van der Waals surface area (Å²) in [5, 5.41) is 11.2. The van der Waals surface area contributed by atoms with Crippen molar-refractivity contribution in [2.45, 2.75) is 40.2 Å². The van der Waals surface area contributed by atoms with Crippen LogP contribution in [0.25, 0.3) is 0 Å². The van der Waals surface area contributed by atoms with Crippen LogP contribution >= 0.6 is 0 Å². The second-order valence-corrected chi connectivity index (χ2v) is 6.49. The zero-order valence-corrected chi connectivity index (χ0v) is 16.6. The molecule has 0 aliphatic carbocycles. The SMILES string of the molecule is CN=C(NCCCn1nc(C)cc1C)NCCc1cc(C)ccc1OC. The zero-order chi connectivity index (χ0) is 18.9. The Balaban J connectivity index is 1.73. The molecular formula is C20H31N5O. The molecule has 6 heteroatoms. The van der Waals surface area contributed by atoms with Gasteiger partial charge in [0.25, 0.3) is 0 Å². The van der Waals surface area contributed by atoms with Crippen LogP contribution in [-0.4, -0.2) is 43.0 Å². The highest BCUT2D eigenvalue weighted by Crippen LogP contribution is 2.19. The van der Waals surface area contributed by atoms with E-state index in [4.69, 9.17) is 4.74 Å². The maximum Gasteiger partial charge on any atom is 0.190 e. The van der Waals surface area contributed by atoms with Crippen LogP contribution in [0.2, 0.25) is 0 Å². The van der Waals surface area contributed by atoms with Gasteiger partial charge in [0.1, 0.15) is 5.75 Å². The van der Waals surface area contributed by atoms with Crippen molar-refractivity contribution in [3.63, 3.8) is 0 Å². The summed E-state index contributed by atoms with van der Waals surface area (Å²) in [6.07, 6.45) is 1.88. The van der Waals surface area contributed by atoms with Crippen LogP contribution in [0.4, 0.5) is 0 Å². The average Bonchev–Trinajstić information content (AvgIpc) is 2.94. The highest BCUT2D eigenvalue weighted by molar-refractivity contribution is 5.79. The van der Waals surface area contributed by atoms with Gasteiger partial charge in [0.15, 0.2) is 5.96 Å². The molecule has 0 saturated carbocycles. The molecule has 0 amide bonds. The number of rotatable bonds is 8. The first-order chi connectivity index (χ1) is 12.5. The summed E-state index contributed by atoms with van der Waals surface area (Å²) in [6, 6.07) is 8.37. The Kier molecular flexibility index (Phi) is 7.51. The zero-order valence-electron chi connectivity index (χ0n) is 16.6. The number of benzene rings is 1. The van der Waals surface area contributed by atoms with E-state index in [9.17, 15) is 0 Å². The third-order valence-corrected chi connectivity index (χ3v) is 4.29. The lowest BCUT2D eigenvalue weighted by atomic mass is 10.1. The van der Waals surface area contributed by atoms with Gasteiger partial charge in [-0.1, -0.05) is 17.7 Å². The predicted molar refractivity (Wildman–Crippen MR) is 107 cm³/mol. The van der Waals surface area contributed by atoms with Gasteiger partial charge in [0.2, 0.25) is 0 Å². The number of hydrogen-bond acceptors (Lipinski definition) is 3. The molecule has 0 radical (unpaired) electrons. The number of methoxy groups -OCH3 is 1. The van der Waals surface area contributed by atoms with Crippen LogP contribution < -0.4 is 15.4 Å². The average molecular weight is 358 g/mol. The first-order valence-electron chi connectivity index (χ1n) is 9.12. The van der Waals surface area contributed by atoms with Crippen LogP contribution in [-0.2, 0) is 13.0 Å². The van der Waals surface area contributed by atoms with Crippen LogP contribution in [0, 0.1) is 20.8 Å². The lowest BCUT2D eigenvalue weighted by molar-refractivity contribution is 0.409. The summed E-state index contributed by atoms with van der Waals surface area (Å²) in [5.74, 6) is 1.76. The Morgan fingerprint density at radius 2 is 1.92 bits per heavy atom. The van der Waals surface area contributed by atoms with Crippen molar-refractivity contribution < 1.29 is 4.74 Å². The molecule has 0 bridgehead atoms. The van der Waals surface area contributed by atoms with Crippen molar-refractivity contribution in [3.05, 3.63) is 46.8 Å². The Morgan fingerprint density at radius 1 is 1.15 bits per heavy atom. The molecule has 0 aliphatic rings. The Labute approximate surface area is 156 Å². The van der Waals surface area contributed by atoms with Gasteiger partial charge in [0, 0.05) is 32.4 Å². The summed E-state index contributed by atoms with van der Waals surface area (Å²) in [7, 11) is 3.51. The van der Waals surface area contributed by atoms with Crippen LogP contribution in [0.5, 0.6) is 5.75 Å². The molecule has 1 aromatic heterocycles. The fourth-order valence-electron chi connectivity index (χ4n) is 2.98. The topological polar surface area (TPSA) is 63.5 Å². The number of nitrogens with one attached hydrogen (secondary N) is 2. The van der Waals surface area contributed by atoms with E-state index in [0.29, 0.717) is 0 Å². The summed E-state index contributed by atoms with van der Waals surface area (Å²) in [5.41, 5.74) is 4.73. The molecule has 0 saturated heterocycles. The van der Waals surface area contributed by atoms with Gasteiger partial charge in [-0.05, 0) is 51.3 Å². The number of hydrogen-bond donors (Lipinski definition) is 2. The minimum absolute atomic E-state index is 0.803. The smallest absolute Gasteiger partial charge is 0.190 e. The second-order valence-electron chi connectivity index (χ2n) is 6.49. The van der Waals surface area contributed by atoms with E-state index in [1.54, 1.807) is 14.2 Å². The van der Waals surface area contributed by atoms with Gasteiger partial charge >= 0.3 is 0 Å². The fraction of sp³-hybridized carbons (Fsp3) is 0.500. The summed E-state index contributed by atoms with van der Waals surface area (Å²) >= 11 is 0. The van der Waals surface area contributed by atoms with Gasteiger partial charge in [-0.2, -0.15) is 5.10 Å². The molecule has 2 rings (SSSR count). The number of aromatic nitrogens is 2. The number of aryl methyl sites for hydroxylation is 4. The summed E-state index contributed by atoms with van der Waals surface area (Å²) in [4.78, 5) is 4.29. The molecular weight excluding hydrogens is 326 g/mol. The van der Waals surface area contributed by atoms with Crippen molar-refractivity contribution in [3.8, 4) is 5.75 Å². The molecule has 0 aliphatic heterocycles. The molecule has 1 aromatic carbocycles. The Hall–Kier alpha value is -2.50. The Morgan fingerprint density at radius 3 is 2.58 bits per heavy atom. The van der Waals surface area contributed by atoms with E-state index in [1.165, 1.54) is 16.8 Å². The number of aliphatic imine (C=N–C) groups is 1. The molecule has 2 aromatic rings. The van der Waals surface area contributed by atoms with E-state index >= 15 is 0 Å². The second kappa shape index (κ2) is 9.85. The molecule has 0 spiro atoms. The van der Waals surface area contributed by atoms with Crippen LogP contribution in [0.15, 0.2) is 29.3 Å². The predicted octanol–water partition coefficient (Wildman–Crippen LogP) is 2.61. The molecule has 2 N–H and O–H groups in total. The number of nitrogens with zero attached hydrogens (tertiary/aromatic N) is 3.